The van der Waals surface area contributed by atoms with Crippen LogP contribution in [0.1, 0.15) is 43.5 Å². The Balaban J connectivity index is 1.59. The fourth-order valence-corrected chi connectivity index (χ4v) is 4.24. The average molecular weight is 415 g/mol. The van der Waals surface area contributed by atoms with Gasteiger partial charge >= 0.3 is 6.03 Å². The van der Waals surface area contributed by atoms with Gasteiger partial charge in [-0.05, 0) is 43.0 Å². The third kappa shape index (κ3) is 4.13. The molecular weight excluding hydrogens is 388 g/mol. The van der Waals surface area contributed by atoms with Gasteiger partial charge in [0.1, 0.15) is 6.54 Å². The van der Waals surface area contributed by atoms with Crippen LogP contribution in [0.15, 0.2) is 42.6 Å². The highest BCUT2D eigenvalue weighted by Crippen LogP contribution is 2.36. The summed E-state index contributed by atoms with van der Waals surface area (Å²) in [6.45, 7) is 4.06. The molecule has 0 radical (unpaired) electrons. The summed E-state index contributed by atoms with van der Waals surface area (Å²) in [6.07, 6.45) is 4.83. The van der Waals surface area contributed by atoms with Gasteiger partial charge in [0.25, 0.3) is 0 Å². The summed E-state index contributed by atoms with van der Waals surface area (Å²) in [4.78, 5) is 29.6. The molecule has 1 aromatic heterocycles. The van der Waals surface area contributed by atoms with E-state index in [-0.39, 0.29) is 30.6 Å². The number of rotatable bonds is 6. The second-order valence-electron chi connectivity index (χ2n) is 7.73. The van der Waals surface area contributed by atoms with Gasteiger partial charge in [-0.2, -0.15) is 0 Å². The van der Waals surface area contributed by atoms with Crippen molar-refractivity contribution in [1.82, 2.24) is 19.7 Å². The van der Waals surface area contributed by atoms with Crippen molar-refractivity contribution in [2.45, 2.75) is 44.8 Å². The number of carbonyl (C=O) groups is 2. The van der Waals surface area contributed by atoms with Gasteiger partial charge in [-0.1, -0.05) is 36.7 Å². The van der Waals surface area contributed by atoms with Crippen LogP contribution < -0.4 is 5.32 Å². The molecule has 1 saturated carbocycles. The highest BCUT2D eigenvalue weighted by atomic mass is 35.5. The minimum Gasteiger partial charge on any atom is -0.348 e. The molecular formula is C22H27ClN4O2. The average Bonchev–Trinajstić information content (AvgIpc) is 3.45. The Morgan fingerprint density at radius 1 is 1.17 bits per heavy atom. The van der Waals surface area contributed by atoms with Gasteiger partial charge in [-0.15, -0.1) is 0 Å². The molecule has 2 heterocycles. The molecule has 7 heteroatoms. The Morgan fingerprint density at radius 2 is 1.97 bits per heavy atom. The lowest BCUT2D eigenvalue weighted by molar-refractivity contribution is -0.134. The molecule has 0 spiro atoms. The van der Waals surface area contributed by atoms with Crippen LogP contribution in [0, 0.1) is 0 Å². The summed E-state index contributed by atoms with van der Waals surface area (Å²) in [5, 5.41) is 3.56. The summed E-state index contributed by atoms with van der Waals surface area (Å²) >= 11 is 6.51. The van der Waals surface area contributed by atoms with E-state index < -0.39 is 0 Å². The van der Waals surface area contributed by atoms with Gasteiger partial charge in [-0.25, -0.2) is 4.79 Å². The van der Waals surface area contributed by atoms with E-state index in [2.05, 4.69) is 9.88 Å². The van der Waals surface area contributed by atoms with Crippen LogP contribution in [0.5, 0.6) is 0 Å². The smallest absolute Gasteiger partial charge is 0.318 e. The number of hydrogen-bond donors (Lipinski definition) is 1. The fourth-order valence-electron chi connectivity index (χ4n) is 4.00. The minimum absolute atomic E-state index is 0.0408. The molecule has 154 valence electrons. The van der Waals surface area contributed by atoms with Crippen molar-refractivity contribution in [1.29, 1.82) is 0 Å². The largest absolute Gasteiger partial charge is 0.348 e. The Morgan fingerprint density at radius 3 is 2.69 bits per heavy atom. The van der Waals surface area contributed by atoms with E-state index in [1.54, 1.807) is 4.90 Å². The SMILES string of the molecule is CCCNC(=O)N(CC(=O)N1CCn2cccc2[C@H]1c1ccccc1Cl)C1CC1. The van der Waals surface area contributed by atoms with Gasteiger partial charge in [0.2, 0.25) is 5.91 Å². The normalized spacial score (nSPS) is 18.3. The number of nitrogens with zero attached hydrogens (tertiary/aromatic N) is 3. The van der Waals surface area contributed by atoms with Crippen molar-refractivity contribution >= 4 is 23.5 Å². The fraction of sp³-hybridized carbons (Fsp3) is 0.455. The zero-order valence-corrected chi connectivity index (χ0v) is 17.4. The molecule has 2 aliphatic rings. The van der Waals surface area contributed by atoms with Gasteiger partial charge < -0.3 is 19.7 Å². The van der Waals surface area contributed by atoms with Crippen molar-refractivity contribution in [3.05, 3.63) is 58.9 Å². The van der Waals surface area contributed by atoms with Crippen LogP contribution in [0.25, 0.3) is 0 Å². The summed E-state index contributed by atoms with van der Waals surface area (Å²) in [7, 11) is 0. The van der Waals surface area contributed by atoms with E-state index in [0.717, 1.165) is 37.1 Å². The Hall–Kier alpha value is -2.47. The maximum Gasteiger partial charge on any atom is 0.318 e. The van der Waals surface area contributed by atoms with Crippen LogP contribution in [-0.4, -0.2) is 52.0 Å². The molecule has 1 atom stereocenters. The van der Waals surface area contributed by atoms with Crippen LogP contribution in [0.4, 0.5) is 4.79 Å². The van der Waals surface area contributed by atoms with Gasteiger partial charge in [-0.3, -0.25) is 4.79 Å². The molecule has 1 aliphatic heterocycles. The van der Waals surface area contributed by atoms with E-state index in [4.69, 9.17) is 11.6 Å². The number of carbonyl (C=O) groups excluding carboxylic acids is 2. The highest BCUT2D eigenvalue weighted by Gasteiger charge is 2.38. The third-order valence-electron chi connectivity index (χ3n) is 5.64. The summed E-state index contributed by atoms with van der Waals surface area (Å²) in [5.41, 5.74) is 1.96. The number of amides is 3. The van der Waals surface area contributed by atoms with E-state index in [0.29, 0.717) is 18.1 Å². The first-order chi connectivity index (χ1) is 14.1. The summed E-state index contributed by atoms with van der Waals surface area (Å²) in [6, 6.07) is 11.5. The Bertz CT molecular complexity index is 892. The van der Waals surface area contributed by atoms with Crippen LogP contribution >= 0.6 is 11.6 Å². The molecule has 1 aliphatic carbocycles. The molecule has 3 amide bonds. The first-order valence-corrected chi connectivity index (χ1v) is 10.7. The minimum atomic E-state index is -0.250. The molecule has 0 unspecified atom stereocenters. The number of aromatic nitrogens is 1. The molecule has 29 heavy (non-hydrogen) atoms. The molecule has 2 aromatic rings. The Labute approximate surface area is 176 Å². The maximum atomic E-state index is 13.4. The van der Waals surface area contributed by atoms with Crippen molar-refractivity contribution in [2.24, 2.45) is 0 Å². The van der Waals surface area contributed by atoms with Crippen LogP contribution in [0.3, 0.4) is 0 Å². The van der Waals surface area contributed by atoms with Crippen LogP contribution in [-0.2, 0) is 11.3 Å². The monoisotopic (exact) mass is 414 g/mol. The van der Waals surface area contributed by atoms with Gasteiger partial charge in [0.05, 0.1) is 6.04 Å². The first kappa shape index (κ1) is 19.8. The number of fused-ring (bicyclic) bond motifs is 1. The molecule has 0 bridgehead atoms. The molecule has 0 saturated heterocycles. The first-order valence-electron chi connectivity index (χ1n) is 10.3. The lowest BCUT2D eigenvalue weighted by Crippen LogP contribution is -2.50. The van der Waals surface area contributed by atoms with Gasteiger partial charge in [0, 0.05) is 42.6 Å². The zero-order chi connectivity index (χ0) is 20.4. The predicted molar refractivity (Wildman–Crippen MR) is 113 cm³/mol. The van der Waals surface area contributed by atoms with Gasteiger partial charge in [0.15, 0.2) is 0 Å². The van der Waals surface area contributed by atoms with Crippen LogP contribution in [0.2, 0.25) is 5.02 Å². The summed E-state index contributed by atoms with van der Waals surface area (Å²) in [5.74, 6) is -0.0408. The van der Waals surface area contributed by atoms with E-state index >= 15 is 0 Å². The quantitative estimate of drug-likeness (QED) is 0.784. The zero-order valence-electron chi connectivity index (χ0n) is 16.7. The predicted octanol–water partition coefficient (Wildman–Crippen LogP) is 3.66. The van der Waals surface area contributed by atoms with Crippen molar-refractivity contribution in [2.75, 3.05) is 19.6 Å². The van der Waals surface area contributed by atoms with E-state index in [9.17, 15) is 9.59 Å². The molecule has 1 fully saturated rings. The molecule has 1 aromatic carbocycles. The third-order valence-corrected chi connectivity index (χ3v) is 5.98. The topological polar surface area (TPSA) is 57.6 Å². The number of nitrogens with one attached hydrogen (secondary N) is 1. The molecule has 6 nitrogen and oxygen atoms in total. The van der Waals surface area contributed by atoms with E-state index in [1.165, 1.54) is 0 Å². The number of hydrogen-bond acceptors (Lipinski definition) is 2. The Kier molecular flexibility index (Phi) is 5.81. The highest BCUT2D eigenvalue weighted by molar-refractivity contribution is 6.31. The number of halogens is 1. The second-order valence-corrected chi connectivity index (χ2v) is 8.14. The maximum absolute atomic E-state index is 13.4. The van der Waals surface area contributed by atoms with Crippen molar-refractivity contribution in [3.63, 3.8) is 0 Å². The van der Waals surface area contributed by atoms with E-state index in [1.807, 2.05) is 54.4 Å². The second kappa shape index (κ2) is 8.49. The lowest BCUT2D eigenvalue weighted by Gasteiger charge is -2.38. The molecule has 1 N–H and O–H groups in total. The molecule has 4 rings (SSSR count). The van der Waals surface area contributed by atoms with Crippen molar-refractivity contribution < 1.29 is 9.59 Å². The van der Waals surface area contributed by atoms with Crippen molar-refractivity contribution in [3.8, 4) is 0 Å². The number of benzene rings is 1. The standard InChI is InChI=1S/C22H27ClN4O2/c1-2-11-24-22(29)27(16-9-10-16)15-20(28)26-14-13-25-12-5-8-19(25)21(26)17-6-3-4-7-18(17)23/h3-8,12,16,21H,2,9-11,13-15H2,1H3,(H,24,29)/t21-/m1/s1. The lowest BCUT2D eigenvalue weighted by atomic mass is 9.99. The number of urea groups is 1. The summed E-state index contributed by atoms with van der Waals surface area (Å²) < 4.78 is 2.17.